The van der Waals surface area contributed by atoms with Crippen molar-refractivity contribution in [2.24, 2.45) is 0 Å². The number of nitrogens with one attached hydrogen (secondary N) is 3. The van der Waals surface area contributed by atoms with Crippen molar-refractivity contribution in [3.8, 4) is 17.6 Å². The van der Waals surface area contributed by atoms with Crippen LogP contribution in [0.15, 0.2) is 72.8 Å². The number of nitriles is 1. The Bertz CT molecular complexity index is 1380. The lowest BCUT2D eigenvalue weighted by atomic mass is 10.0. The van der Waals surface area contributed by atoms with Crippen LogP contribution in [0.25, 0.3) is 6.08 Å². The smallest absolute Gasteiger partial charge is 0.274 e. The van der Waals surface area contributed by atoms with Gasteiger partial charge in [-0.1, -0.05) is 18.2 Å². The molecular formula is C27H22N4O6. The maximum absolute atomic E-state index is 13.1. The van der Waals surface area contributed by atoms with Gasteiger partial charge in [0.2, 0.25) is 18.6 Å². The molecule has 0 aromatic heterocycles. The Morgan fingerprint density at radius 3 is 2.43 bits per heavy atom. The molecule has 186 valence electrons. The van der Waals surface area contributed by atoms with Gasteiger partial charge in [0.15, 0.2) is 11.5 Å². The van der Waals surface area contributed by atoms with Gasteiger partial charge in [0.1, 0.15) is 6.04 Å². The summed E-state index contributed by atoms with van der Waals surface area (Å²) in [6.45, 7) is 0.145. The van der Waals surface area contributed by atoms with Crippen LogP contribution in [0.1, 0.15) is 27.0 Å². The van der Waals surface area contributed by atoms with Crippen LogP contribution in [0.2, 0.25) is 0 Å². The lowest BCUT2D eigenvalue weighted by Crippen LogP contribution is -2.44. The number of rotatable bonds is 8. The lowest BCUT2D eigenvalue weighted by molar-refractivity contribution is -0.123. The van der Waals surface area contributed by atoms with E-state index in [-0.39, 0.29) is 18.8 Å². The van der Waals surface area contributed by atoms with Gasteiger partial charge in [0.05, 0.1) is 11.6 Å². The average molecular weight is 498 g/mol. The van der Waals surface area contributed by atoms with Gasteiger partial charge in [-0.3, -0.25) is 19.6 Å². The van der Waals surface area contributed by atoms with Crippen molar-refractivity contribution < 1.29 is 29.1 Å². The van der Waals surface area contributed by atoms with Crippen LogP contribution in [0.5, 0.6) is 11.5 Å². The van der Waals surface area contributed by atoms with E-state index in [4.69, 9.17) is 19.9 Å². The summed E-state index contributed by atoms with van der Waals surface area (Å²) in [5, 5.41) is 23.2. The molecule has 1 aliphatic rings. The van der Waals surface area contributed by atoms with Crippen LogP contribution in [-0.4, -0.2) is 35.8 Å². The van der Waals surface area contributed by atoms with Crippen LogP contribution in [0, 0.1) is 11.3 Å². The van der Waals surface area contributed by atoms with Crippen LogP contribution in [-0.2, 0) is 16.0 Å². The van der Waals surface area contributed by atoms with Crippen LogP contribution >= 0.6 is 0 Å². The first-order valence-corrected chi connectivity index (χ1v) is 11.2. The first kappa shape index (κ1) is 25.0. The van der Waals surface area contributed by atoms with Crippen molar-refractivity contribution in [1.29, 1.82) is 5.26 Å². The van der Waals surface area contributed by atoms with E-state index in [1.165, 1.54) is 35.8 Å². The molecule has 3 aromatic carbocycles. The maximum atomic E-state index is 13.1. The molecule has 1 atom stereocenters. The quantitative estimate of drug-likeness (QED) is 0.212. The van der Waals surface area contributed by atoms with E-state index in [0.29, 0.717) is 22.7 Å². The second kappa shape index (κ2) is 11.5. The number of hydrogen-bond acceptors (Lipinski definition) is 7. The Kier molecular flexibility index (Phi) is 7.78. The van der Waals surface area contributed by atoms with Gasteiger partial charge >= 0.3 is 0 Å². The molecule has 0 saturated heterocycles. The number of hydrogen-bond donors (Lipinski definition) is 4. The standard InChI is InChI=1S/C27H22N4O6/c28-15-19-3-1-17(2-4-19)13-22(27(34)29-21-9-7-20(8-10-21)26(33)31-35)30-25(32)12-6-18-5-11-23-24(14-18)37-16-36-23/h1-12,14,22,35H,13,16H2,(H,29,34)(H,30,32)(H,31,33)/b12-6+/t22-/m0/s1. The zero-order chi connectivity index (χ0) is 26.2. The number of fused-ring (bicyclic) bond motifs is 1. The zero-order valence-corrected chi connectivity index (χ0v) is 19.4. The van der Waals surface area contributed by atoms with Crippen molar-refractivity contribution >= 4 is 29.5 Å². The minimum absolute atomic E-state index is 0.145. The Morgan fingerprint density at radius 1 is 1.00 bits per heavy atom. The minimum atomic E-state index is -0.942. The predicted molar refractivity (Wildman–Crippen MR) is 133 cm³/mol. The van der Waals surface area contributed by atoms with Crippen molar-refractivity contribution in [2.45, 2.75) is 12.5 Å². The lowest BCUT2D eigenvalue weighted by Gasteiger charge is -2.18. The van der Waals surface area contributed by atoms with Gasteiger partial charge in [0.25, 0.3) is 5.91 Å². The largest absolute Gasteiger partial charge is 0.454 e. The summed E-state index contributed by atoms with van der Waals surface area (Å²) in [5.41, 5.74) is 4.09. The van der Waals surface area contributed by atoms with Crippen molar-refractivity contribution in [2.75, 3.05) is 12.1 Å². The van der Waals surface area contributed by atoms with E-state index in [1.807, 2.05) is 6.07 Å². The summed E-state index contributed by atoms with van der Waals surface area (Å²) >= 11 is 0. The molecule has 0 unspecified atom stereocenters. The summed E-state index contributed by atoms with van der Waals surface area (Å²) in [6.07, 6.45) is 3.09. The summed E-state index contributed by atoms with van der Waals surface area (Å²) in [6, 6.07) is 18.9. The first-order valence-electron chi connectivity index (χ1n) is 11.2. The average Bonchev–Trinajstić information content (AvgIpc) is 3.40. The number of carbonyl (C=O) groups is 3. The third-order valence-corrected chi connectivity index (χ3v) is 5.50. The Labute approximate surface area is 212 Å². The molecule has 3 amide bonds. The van der Waals surface area contributed by atoms with E-state index in [0.717, 1.165) is 11.1 Å². The number of hydroxylamine groups is 1. The molecule has 0 saturated carbocycles. The highest BCUT2D eigenvalue weighted by Crippen LogP contribution is 2.32. The highest BCUT2D eigenvalue weighted by molar-refractivity contribution is 6.00. The first-order chi connectivity index (χ1) is 17.9. The molecule has 1 heterocycles. The van der Waals surface area contributed by atoms with Gasteiger partial charge in [-0.05, 0) is 65.7 Å². The molecule has 0 radical (unpaired) electrons. The van der Waals surface area contributed by atoms with Gasteiger partial charge in [-0.2, -0.15) is 5.26 Å². The third kappa shape index (κ3) is 6.50. The van der Waals surface area contributed by atoms with Gasteiger partial charge in [-0.25, -0.2) is 5.48 Å². The molecular weight excluding hydrogens is 476 g/mol. The monoisotopic (exact) mass is 498 g/mol. The second-order valence-corrected chi connectivity index (χ2v) is 8.03. The van der Waals surface area contributed by atoms with Gasteiger partial charge in [0, 0.05) is 23.7 Å². The molecule has 0 aliphatic carbocycles. The molecule has 1 aliphatic heterocycles. The van der Waals surface area contributed by atoms with Crippen molar-refractivity contribution in [3.63, 3.8) is 0 Å². The van der Waals surface area contributed by atoms with Crippen LogP contribution in [0.4, 0.5) is 5.69 Å². The van der Waals surface area contributed by atoms with E-state index >= 15 is 0 Å². The Hall–Kier alpha value is -5.14. The fraction of sp³-hybridized carbons (Fsp3) is 0.111. The fourth-order valence-corrected chi connectivity index (χ4v) is 3.57. The highest BCUT2D eigenvalue weighted by Gasteiger charge is 2.21. The zero-order valence-electron chi connectivity index (χ0n) is 19.4. The summed E-state index contributed by atoms with van der Waals surface area (Å²) in [5.74, 6) is -0.429. The maximum Gasteiger partial charge on any atom is 0.274 e. The predicted octanol–water partition coefficient (Wildman–Crippen LogP) is 2.79. The number of benzene rings is 3. The van der Waals surface area contributed by atoms with Crippen LogP contribution < -0.4 is 25.6 Å². The normalized spacial score (nSPS) is 12.4. The second-order valence-electron chi connectivity index (χ2n) is 8.03. The molecule has 4 rings (SSSR count). The Balaban J connectivity index is 1.47. The summed E-state index contributed by atoms with van der Waals surface area (Å²) < 4.78 is 10.6. The molecule has 10 heteroatoms. The number of amides is 3. The molecule has 0 bridgehead atoms. The number of nitrogens with zero attached hydrogens (tertiary/aromatic N) is 1. The third-order valence-electron chi connectivity index (χ3n) is 5.50. The van der Waals surface area contributed by atoms with Crippen molar-refractivity contribution in [1.82, 2.24) is 10.8 Å². The Morgan fingerprint density at radius 2 is 1.73 bits per heavy atom. The number of ether oxygens (including phenoxy) is 2. The topological polar surface area (TPSA) is 150 Å². The molecule has 3 aromatic rings. The van der Waals surface area contributed by atoms with E-state index < -0.39 is 23.8 Å². The highest BCUT2D eigenvalue weighted by atomic mass is 16.7. The van der Waals surface area contributed by atoms with Gasteiger partial charge in [-0.15, -0.1) is 0 Å². The molecule has 37 heavy (non-hydrogen) atoms. The molecule has 10 nitrogen and oxygen atoms in total. The summed E-state index contributed by atoms with van der Waals surface area (Å²) in [4.78, 5) is 37.3. The number of anilines is 1. The molecule has 4 N–H and O–H groups in total. The molecule has 0 fully saturated rings. The van der Waals surface area contributed by atoms with Gasteiger partial charge < -0.3 is 20.1 Å². The summed E-state index contributed by atoms with van der Waals surface area (Å²) in [7, 11) is 0. The SMILES string of the molecule is N#Cc1ccc(C[C@H](NC(=O)/C=C/c2ccc3c(c2)OCO3)C(=O)Nc2ccc(C(=O)NO)cc2)cc1. The van der Waals surface area contributed by atoms with Crippen LogP contribution in [0.3, 0.4) is 0 Å². The van der Waals surface area contributed by atoms with E-state index in [1.54, 1.807) is 48.5 Å². The van der Waals surface area contributed by atoms with E-state index in [2.05, 4.69) is 10.6 Å². The number of carbonyl (C=O) groups excluding carboxylic acids is 3. The minimum Gasteiger partial charge on any atom is -0.454 e. The van der Waals surface area contributed by atoms with Crippen molar-refractivity contribution in [3.05, 3.63) is 95.1 Å². The fourth-order valence-electron chi connectivity index (χ4n) is 3.57. The van der Waals surface area contributed by atoms with E-state index in [9.17, 15) is 14.4 Å². The molecule has 0 spiro atoms.